The first-order valence-electron chi connectivity index (χ1n) is 5.31. The van der Waals surface area contributed by atoms with Crippen LogP contribution in [0.15, 0.2) is 17.2 Å². The Morgan fingerprint density at radius 3 is 3.00 bits per heavy atom. The summed E-state index contributed by atoms with van der Waals surface area (Å²) < 4.78 is 0. The summed E-state index contributed by atoms with van der Waals surface area (Å²) in [6, 6.07) is 0. The highest BCUT2D eigenvalue weighted by Gasteiger charge is 2.27. The number of allylic oxidation sites excluding steroid dienone is 2. The van der Waals surface area contributed by atoms with Gasteiger partial charge in [0.25, 0.3) is 0 Å². The van der Waals surface area contributed by atoms with Crippen molar-refractivity contribution in [1.82, 2.24) is 15.5 Å². The maximum atomic E-state index is 12.0. The third kappa shape index (κ3) is 2.51. The SMILES string of the molecule is CC(=O)NCCSC1=CC(=O)c2[nH]ncc2C1=O. The van der Waals surface area contributed by atoms with Crippen molar-refractivity contribution >= 4 is 29.2 Å². The van der Waals surface area contributed by atoms with Gasteiger partial charge in [-0.2, -0.15) is 5.10 Å². The van der Waals surface area contributed by atoms with Gasteiger partial charge in [-0.3, -0.25) is 19.5 Å². The van der Waals surface area contributed by atoms with Gasteiger partial charge in [0.15, 0.2) is 0 Å². The van der Waals surface area contributed by atoms with Gasteiger partial charge < -0.3 is 5.32 Å². The third-order valence-corrected chi connectivity index (χ3v) is 3.37. The smallest absolute Gasteiger partial charge is 0.216 e. The van der Waals surface area contributed by atoms with Crippen LogP contribution in [-0.2, 0) is 4.79 Å². The minimum absolute atomic E-state index is 0.118. The Bertz CT molecular complexity index is 547. The highest BCUT2D eigenvalue weighted by Crippen LogP contribution is 2.26. The van der Waals surface area contributed by atoms with Gasteiger partial charge in [-0.25, -0.2) is 0 Å². The standard InChI is InChI=1S/C11H11N3O3S/c1-6(15)12-2-3-18-9-4-8(16)10-7(11(9)17)5-13-14-10/h4-5H,2-3H2,1H3,(H,12,15)(H,13,14). The van der Waals surface area contributed by atoms with E-state index in [1.807, 2.05) is 0 Å². The van der Waals surface area contributed by atoms with Crippen molar-refractivity contribution in [3.63, 3.8) is 0 Å². The third-order valence-electron chi connectivity index (χ3n) is 2.35. The Morgan fingerprint density at radius 2 is 2.28 bits per heavy atom. The van der Waals surface area contributed by atoms with Crippen molar-refractivity contribution in [2.45, 2.75) is 6.92 Å². The second-order valence-electron chi connectivity index (χ2n) is 3.69. The topological polar surface area (TPSA) is 91.9 Å². The fourth-order valence-corrected chi connectivity index (χ4v) is 2.39. The van der Waals surface area contributed by atoms with Crippen molar-refractivity contribution < 1.29 is 14.4 Å². The van der Waals surface area contributed by atoms with Crippen LogP contribution in [0.2, 0.25) is 0 Å². The Hall–Kier alpha value is -1.89. The minimum atomic E-state index is -0.246. The summed E-state index contributed by atoms with van der Waals surface area (Å²) in [4.78, 5) is 34.7. The average molecular weight is 265 g/mol. The van der Waals surface area contributed by atoms with Crippen LogP contribution >= 0.6 is 11.8 Å². The number of carbonyl (C=O) groups is 3. The summed E-state index contributed by atoms with van der Waals surface area (Å²) in [6.07, 6.45) is 2.66. The van der Waals surface area contributed by atoms with Crippen molar-refractivity contribution in [3.05, 3.63) is 28.4 Å². The molecule has 1 aliphatic rings. The quantitative estimate of drug-likeness (QED) is 0.775. The van der Waals surface area contributed by atoms with Gasteiger partial charge in [0.05, 0.1) is 16.7 Å². The lowest BCUT2D eigenvalue weighted by Crippen LogP contribution is -2.23. The molecule has 1 aliphatic carbocycles. The number of fused-ring (bicyclic) bond motifs is 1. The molecule has 0 saturated carbocycles. The summed E-state index contributed by atoms with van der Waals surface area (Å²) in [5, 5.41) is 8.83. The second-order valence-corrected chi connectivity index (χ2v) is 4.83. The minimum Gasteiger partial charge on any atom is -0.356 e. The average Bonchev–Trinajstić information content (AvgIpc) is 2.80. The van der Waals surface area contributed by atoms with Gasteiger partial charge in [0.1, 0.15) is 5.69 Å². The largest absolute Gasteiger partial charge is 0.356 e. The molecule has 0 aliphatic heterocycles. The highest BCUT2D eigenvalue weighted by molar-refractivity contribution is 8.04. The van der Waals surface area contributed by atoms with E-state index in [4.69, 9.17) is 0 Å². The molecule has 0 aromatic carbocycles. The number of hydrogen-bond acceptors (Lipinski definition) is 5. The Balaban J connectivity index is 2.00. The normalized spacial score (nSPS) is 14.2. The molecular weight excluding hydrogens is 254 g/mol. The number of carbonyl (C=O) groups excluding carboxylic acids is 3. The molecule has 6 nitrogen and oxygen atoms in total. The molecule has 1 aromatic rings. The Labute approximate surface area is 107 Å². The molecule has 2 rings (SSSR count). The number of H-pyrrole nitrogens is 1. The molecular formula is C11H11N3O3S. The summed E-state index contributed by atoms with van der Waals surface area (Å²) in [6.45, 7) is 1.88. The van der Waals surface area contributed by atoms with Crippen LogP contribution in [0.25, 0.3) is 0 Å². The molecule has 0 radical (unpaired) electrons. The fourth-order valence-electron chi connectivity index (χ4n) is 1.53. The van der Waals surface area contributed by atoms with E-state index < -0.39 is 0 Å². The zero-order valence-corrected chi connectivity index (χ0v) is 10.5. The van der Waals surface area contributed by atoms with Crippen molar-refractivity contribution in [3.8, 4) is 0 Å². The van der Waals surface area contributed by atoms with Crippen molar-refractivity contribution in [1.29, 1.82) is 0 Å². The van der Waals surface area contributed by atoms with Crippen LogP contribution in [0.5, 0.6) is 0 Å². The van der Waals surface area contributed by atoms with E-state index in [0.717, 1.165) is 0 Å². The molecule has 18 heavy (non-hydrogen) atoms. The molecule has 0 atom stereocenters. The van der Waals surface area contributed by atoms with E-state index in [1.54, 1.807) is 0 Å². The maximum absolute atomic E-state index is 12.0. The van der Waals surface area contributed by atoms with E-state index in [1.165, 1.54) is 31.0 Å². The Kier molecular flexibility index (Phi) is 3.61. The van der Waals surface area contributed by atoms with Crippen LogP contribution < -0.4 is 5.32 Å². The summed E-state index contributed by atoms with van der Waals surface area (Å²) >= 11 is 1.25. The highest BCUT2D eigenvalue weighted by atomic mass is 32.2. The number of rotatable bonds is 4. The van der Waals surface area contributed by atoms with Crippen molar-refractivity contribution in [2.24, 2.45) is 0 Å². The first kappa shape index (κ1) is 12.6. The predicted molar refractivity (Wildman–Crippen MR) is 66.5 cm³/mol. The molecule has 0 unspecified atom stereocenters. The number of Topliss-reactive ketones (excluding diaryl/α,β-unsaturated/α-hetero) is 1. The van der Waals surface area contributed by atoms with E-state index in [2.05, 4.69) is 15.5 Å². The zero-order chi connectivity index (χ0) is 13.1. The van der Waals surface area contributed by atoms with Crippen LogP contribution in [0.3, 0.4) is 0 Å². The predicted octanol–water partition coefficient (Wildman–Crippen LogP) is 0.542. The molecule has 0 fully saturated rings. The van der Waals surface area contributed by atoms with E-state index in [9.17, 15) is 14.4 Å². The van der Waals surface area contributed by atoms with Crippen molar-refractivity contribution in [2.75, 3.05) is 12.3 Å². The first-order valence-corrected chi connectivity index (χ1v) is 6.29. The van der Waals surface area contributed by atoms with E-state index >= 15 is 0 Å². The number of aromatic amines is 1. The van der Waals surface area contributed by atoms with Crippen LogP contribution in [-0.4, -0.2) is 40.0 Å². The number of thioether (sulfide) groups is 1. The number of amides is 1. The van der Waals surface area contributed by atoms with Gasteiger partial charge in [-0.1, -0.05) is 0 Å². The summed E-state index contributed by atoms with van der Waals surface area (Å²) in [7, 11) is 0. The lowest BCUT2D eigenvalue weighted by Gasteiger charge is -2.10. The fraction of sp³-hybridized carbons (Fsp3) is 0.273. The number of ketones is 2. The Morgan fingerprint density at radius 1 is 1.50 bits per heavy atom. The number of aromatic nitrogens is 2. The van der Waals surface area contributed by atoms with Crippen LogP contribution in [0.4, 0.5) is 0 Å². The molecule has 7 heteroatoms. The molecule has 94 valence electrons. The maximum Gasteiger partial charge on any atom is 0.216 e. The molecule has 0 spiro atoms. The molecule has 2 N–H and O–H groups in total. The number of nitrogens with zero attached hydrogens (tertiary/aromatic N) is 1. The lowest BCUT2D eigenvalue weighted by atomic mass is 10.0. The van der Waals surface area contributed by atoms with Gasteiger partial charge >= 0.3 is 0 Å². The van der Waals surface area contributed by atoms with Crippen LogP contribution in [0, 0.1) is 0 Å². The summed E-state index contributed by atoms with van der Waals surface area (Å²) in [5.74, 6) is -0.0273. The molecule has 1 heterocycles. The number of hydrogen-bond donors (Lipinski definition) is 2. The van der Waals surface area contributed by atoms with E-state index in [-0.39, 0.29) is 23.2 Å². The van der Waals surface area contributed by atoms with Gasteiger partial charge in [-0.15, -0.1) is 11.8 Å². The van der Waals surface area contributed by atoms with Crippen LogP contribution in [0.1, 0.15) is 27.8 Å². The van der Waals surface area contributed by atoms with Gasteiger partial charge in [-0.05, 0) is 0 Å². The second kappa shape index (κ2) is 5.18. The molecule has 1 amide bonds. The molecule has 1 aromatic heterocycles. The van der Waals surface area contributed by atoms with Gasteiger partial charge in [0, 0.05) is 25.3 Å². The monoisotopic (exact) mass is 265 g/mol. The van der Waals surface area contributed by atoms with Gasteiger partial charge in [0.2, 0.25) is 17.5 Å². The summed E-state index contributed by atoms with van der Waals surface area (Å²) in [5.41, 5.74) is 0.552. The lowest BCUT2D eigenvalue weighted by molar-refractivity contribution is -0.118. The molecule has 0 saturated heterocycles. The molecule has 0 bridgehead atoms. The first-order chi connectivity index (χ1) is 8.59. The zero-order valence-electron chi connectivity index (χ0n) is 9.65. The van der Waals surface area contributed by atoms with E-state index in [0.29, 0.717) is 22.8 Å². The number of nitrogens with one attached hydrogen (secondary N) is 2.